The summed E-state index contributed by atoms with van der Waals surface area (Å²) in [6, 6.07) is 17.5. The summed E-state index contributed by atoms with van der Waals surface area (Å²) >= 11 is 0. The molecule has 1 amide bonds. The number of carbonyl (C=O) groups is 1. The Hall–Kier alpha value is -3.32. The van der Waals surface area contributed by atoms with Crippen molar-refractivity contribution in [1.82, 2.24) is 10.3 Å². The molecule has 1 N–H and O–H groups in total. The molecule has 0 bridgehead atoms. The van der Waals surface area contributed by atoms with Gasteiger partial charge in [-0.15, -0.1) is 0 Å². The minimum Gasteiger partial charge on any atom is -0.445 e. The topological polar surface area (TPSA) is 51.2 Å². The zero-order chi connectivity index (χ0) is 17.3. The van der Waals surface area contributed by atoms with Crippen molar-refractivity contribution in [3.8, 4) is 11.8 Å². The number of hydrogen-bond donors (Lipinski definition) is 1. The molecule has 0 unspecified atom stereocenters. The van der Waals surface area contributed by atoms with Crippen molar-refractivity contribution in [2.45, 2.75) is 13.0 Å². The predicted octanol–water partition coefficient (Wildman–Crippen LogP) is 3.90. The van der Waals surface area contributed by atoms with Gasteiger partial charge in [0.05, 0.1) is 0 Å². The largest absolute Gasteiger partial charge is 0.445 e. The third-order valence-electron chi connectivity index (χ3n) is 3.64. The summed E-state index contributed by atoms with van der Waals surface area (Å²) in [5.41, 5.74) is 1.93. The minimum absolute atomic E-state index is 0.266. The van der Waals surface area contributed by atoms with Gasteiger partial charge in [0.25, 0.3) is 0 Å². The number of nitrogens with zero attached hydrogens (tertiary/aromatic N) is 1. The van der Waals surface area contributed by atoms with Gasteiger partial charge in [-0.2, -0.15) is 0 Å². The molecular formula is C21H18N2O2. The summed E-state index contributed by atoms with van der Waals surface area (Å²) < 4.78 is 5.15. The molecule has 3 rings (SSSR count). The van der Waals surface area contributed by atoms with Gasteiger partial charge in [0.15, 0.2) is 0 Å². The number of aromatic nitrogens is 1. The molecular weight excluding hydrogens is 312 g/mol. The van der Waals surface area contributed by atoms with Crippen molar-refractivity contribution in [2.24, 2.45) is 0 Å². The van der Waals surface area contributed by atoms with E-state index in [0.717, 1.165) is 21.9 Å². The highest BCUT2D eigenvalue weighted by Gasteiger charge is 2.01. The van der Waals surface area contributed by atoms with E-state index in [1.807, 2.05) is 60.8 Å². The average Bonchev–Trinajstić information content (AvgIpc) is 2.67. The molecule has 1 aromatic heterocycles. The van der Waals surface area contributed by atoms with Crippen LogP contribution in [0, 0.1) is 11.8 Å². The van der Waals surface area contributed by atoms with E-state index in [1.165, 1.54) is 0 Å². The second kappa shape index (κ2) is 8.51. The van der Waals surface area contributed by atoms with Crippen LogP contribution in [0.2, 0.25) is 0 Å². The van der Waals surface area contributed by atoms with Crippen LogP contribution in [0.4, 0.5) is 4.79 Å². The predicted molar refractivity (Wildman–Crippen MR) is 97.9 cm³/mol. The van der Waals surface area contributed by atoms with Gasteiger partial charge in [0, 0.05) is 41.7 Å². The Kier molecular flexibility index (Phi) is 5.63. The number of ether oxygens (including phenoxy) is 1. The lowest BCUT2D eigenvalue weighted by atomic mass is 10.1. The molecule has 0 fully saturated rings. The number of carbonyl (C=O) groups excluding carboxylic acids is 1. The third-order valence-corrected chi connectivity index (χ3v) is 3.64. The van der Waals surface area contributed by atoms with Crippen molar-refractivity contribution in [3.63, 3.8) is 0 Å². The SMILES string of the molecule is O=C(NCCC#Cc1cccc2cnccc12)OCc1ccccc1. The summed E-state index contributed by atoms with van der Waals surface area (Å²) in [4.78, 5) is 15.7. The Morgan fingerprint density at radius 3 is 2.84 bits per heavy atom. The molecule has 0 saturated carbocycles. The molecule has 0 aliphatic rings. The second-order valence-electron chi connectivity index (χ2n) is 5.44. The van der Waals surface area contributed by atoms with Crippen LogP contribution in [0.5, 0.6) is 0 Å². The fraction of sp³-hybridized carbons (Fsp3) is 0.143. The van der Waals surface area contributed by atoms with E-state index in [-0.39, 0.29) is 6.61 Å². The van der Waals surface area contributed by atoms with Crippen molar-refractivity contribution < 1.29 is 9.53 Å². The van der Waals surface area contributed by atoms with Crippen LogP contribution in [0.15, 0.2) is 67.0 Å². The highest BCUT2D eigenvalue weighted by atomic mass is 16.5. The third kappa shape index (κ3) is 4.82. The van der Waals surface area contributed by atoms with Gasteiger partial charge in [-0.1, -0.05) is 54.3 Å². The summed E-state index contributed by atoms with van der Waals surface area (Å²) in [5, 5.41) is 4.85. The fourth-order valence-corrected chi connectivity index (χ4v) is 2.39. The summed E-state index contributed by atoms with van der Waals surface area (Å²) in [6.45, 7) is 0.718. The van der Waals surface area contributed by atoms with E-state index >= 15 is 0 Å². The van der Waals surface area contributed by atoms with Gasteiger partial charge in [-0.05, 0) is 17.7 Å². The first-order valence-electron chi connectivity index (χ1n) is 8.09. The molecule has 4 heteroatoms. The highest BCUT2D eigenvalue weighted by molar-refractivity contribution is 5.87. The first-order chi connectivity index (χ1) is 12.3. The number of nitrogens with one attached hydrogen (secondary N) is 1. The van der Waals surface area contributed by atoms with E-state index in [1.54, 1.807) is 6.20 Å². The first-order valence-corrected chi connectivity index (χ1v) is 8.09. The molecule has 0 saturated heterocycles. The molecule has 25 heavy (non-hydrogen) atoms. The number of amides is 1. The van der Waals surface area contributed by atoms with Gasteiger partial charge < -0.3 is 10.1 Å². The van der Waals surface area contributed by atoms with Crippen LogP contribution in [0.3, 0.4) is 0 Å². The van der Waals surface area contributed by atoms with Crippen molar-refractivity contribution in [3.05, 3.63) is 78.1 Å². The van der Waals surface area contributed by atoms with E-state index in [4.69, 9.17) is 4.74 Å². The Morgan fingerprint density at radius 1 is 1.08 bits per heavy atom. The Bertz CT molecular complexity index is 906. The zero-order valence-corrected chi connectivity index (χ0v) is 13.7. The van der Waals surface area contributed by atoms with Crippen LogP contribution in [0.1, 0.15) is 17.5 Å². The monoisotopic (exact) mass is 330 g/mol. The fourth-order valence-electron chi connectivity index (χ4n) is 2.39. The molecule has 0 spiro atoms. The molecule has 1 heterocycles. The number of alkyl carbamates (subject to hydrolysis) is 1. The minimum atomic E-state index is -0.429. The molecule has 0 aliphatic carbocycles. The molecule has 0 radical (unpaired) electrons. The van der Waals surface area contributed by atoms with Crippen LogP contribution in [-0.2, 0) is 11.3 Å². The Morgan fingerprint density at radius 2 is 1.96 bits per heavy atom. The summed E-state index contributed by atoms with van der Waals surface area (Å²) in [6.07, 6.45) is 3.71. The average molecular weight is 330 g/mol. The van der Waals surface area contributed by atoms with Gasteiger partial charge >= 0.3 is 6.09 Å². The number of pyridine rings is 1. The molecule has 4 nitrogen and oxygen atoms in total. The van der Waals surface area contributed by atoms with Gasteiger partial charge in [-0.25, -0.2) is 4.79 Å². The Balaban J connectivity index is 1.45. The maximum Gasteiger partial charge on any atom is 0.407 e. The normalized spacial score (nSPS) is 9.92. The number of fused-ring (bicyclic) bond motifs is 1. The zero-order valence-electron chi connectivity index (χ0n) is 13.7. The van der Waals surface area contributed by atoms with E-state index < -0.39 is 6.09 Å². The molecule has 124 valence electrons. The first kappa shape index (κ1) is 16.5. The maximum absolute atomic E-state index is 11.6. The highest BCUT2D eigenvalue weighted by Crippen LogP contribution is 2.16. The lowest BCUT2D eigenvalue weighted by molar-refractivity contribution is 0.140. The molecule has 0 atom stereocenters. The van der Waals surface area contributed by atoms with E-state index in [0.29, 0.717) is 13.0 Å². The van der Waals surface area contributed by atoms with Crippen LogP contribution in [0.25, 0.3) is 10.8 Å². The second-order valence-corrected chi connectivity index (χ2v) is 5.44. The van der Waals surface area contributed by atoms with E-state index in [9.17, 15) is 4.79 Å². The summed E-state index contributed by atoms with van der Waals surface area (Å²) in [7, 11) is 0. The smallest absolute Gasteiger partial charge is 0.407 e. The van der Waals surface area contributed by atoms with E-state index in [2.05, 4.69) is 22.1 Å². The number of benzene rings is 2. The van der Waals surface area contributed by atoms with Crippen LogP contribution in [-0.4, -0.2) is 17.6 Å². The Labute approximate surface area is 146 Å². The maximum atomic E-state index is 11.6. The van der Waals surface area contributed by atoms with Gasteiger partial charge in [0.2, 0.25) is 0 Å². The van der Waals surface area contributed by atoms with Crippen molar-refractivity contribution in [2.75, 3.05) is 6.54 Å². The van der Waals surface area contributed by atoms with Crippen molar-refractivity contribution in [1.29, 1.82) is 0 Å². The van der Waals surface area contributed by atoms with Crippen molar-refractivity contribution >= 4 is 16.9 Å². The standard InChI is InChI=1S/C21H18N2O2/c24-21(25-16-17-7-2-1-3-8-17)23-13-5-4-9-18-10-6-11-19-15-22-14-12-20(18)19/h1-3,6-8,10-12,14-15H,5,13,16H2,(H,23,24). The lowest BCUT2D eigenvalue weighted by Gasteiger charge is -2.05. The lowest BCUT2D eigenvalue weighted by Crippen LogP contribution is -2.24. The quantitative estimate of drug-likeness (QED) is 0.583. The summed E-state index contributed by atoms with van der Waals surface area (Å²) in [5.74, 6) is 6.23. The number of rotatable bonds is 4. The molecule has 0 aliphatic heterocycles. The van der Waals surface area contributed by atoms with Crippen LogP contribution < -0.4 is 5.32 Å². The molecule has 3 aromatic rings. The number of hydrogen-bond acceptors (Lipinski definition) is 3. The van der Waals surface area contributed by atoms with Crippen LogP contribution >= 0.6 is 0 Å². The van der Waals surface area contributed by atoms with Gasteiger partial charge in [0.1, 0.15) is 6.61 Å². The van der Waals surface area contributed by atoms with Gasteiger partial charge in [-0.3, -0.25) is 4.98 Å². The molecule has 2 aromatic carbocycles.